The molecule has 0 aliphatic carbocycles. The van der Waals surface area contributed by atoms with Crippen LogP contribution in [0.5, 0.6) is 0 Å². The van der Waals surface area contributed by atoms with Crippen molar-refractivity contribution in [2.45, 2.75) is 12.6 Å². The molecule has 4 heterocycles. The third-order valence-corrected chi connectivity index (χ3v) is 5.83. The summed E-state index contributed by atoms with van der Waals surface area (Å²) >= 11 is 6.20. The van der Waals surface area contributed by atoms with Crippen molar-refractivity contribution < 1.29 is 13.2 Å². The van der Waals surface area contributed by atoms with Crippen molar-refractivity contribution in [3.05, 3.63) is 59.9 Å². The van der Waals surface area contributed by atoms with Gasteiger partial charge < -0.3 is 9.88 Å². The number of nitrogens with one attached hydrogen (secondary N) is 1. The molecule has 1 N–H and O–H groups in total. The van der Waals surface area contributed by atoms with Crippen LogP contribution in [0.25, 0.3) is 33.8 Å². The molecule has 5 nitrogen and oxygen atoms in total. The summed E-state index contributed by atoms with van der Waals surface area (Å²) in [4.78, 5) is 18.4. The maximum Gasteiger partial charge on any atom is 0.393 e. The molecule has 1 aromatic carbocycles. The van der Waals surface area contributed by atoms with E-state index in [1.165, 1.54) is 0 Å². The normalized spacial score (nSPS) is 16.9. The third kappa shape index (κ3) is 3.72. The van der Waals surface area contributed by atoms with Gasteiger partial charge in [0.05, 0.1) is 27.8 Å². The number of fused-ring (bicyclic) bond motifs is 1. The highest BCUT2D eigenvalue weighted by molar-refractivity contribution is 6.33. The highest BCUT2D eigenvalue weighted by Crippen LogP contribution is 2.37. The zero-order valence-electron chi connectivity index (χ0n) is 16.2. The number of halogens is 4. The molecule has 5 rings (SSSR count). The Hall–Kier alpha value is -3.13. The van der Waals surface area contributed by atoms with Crippen LogP contribution in [-0.2, 0) is 0 Å². The molecule has 158 valence electrons. The van der Waals surface area contributed by atoms with E-state index in [1.807, 2.05) is 30.3 Å². The smallest absolute Gasteiger partial charge is 0.369 e. The van der Waals surface area contributed by atoms with Crippen LogP contribution < -0.4 is 4.90 Å². The van der Waals surface area contributed by atoms with Gasteiger partial charge in [0.15, 0.2) is 5.82 Å². The van der Waals surface area contributed by atoms with E-state index >= 15 is 0 Å². The van der Waals surface area contributed by atoms with Crippen molar-refractivity contribution in [2.24, 2.45) is 5.92 Å². The molecule has 1 saturated heterocycles. The number of rotatable bonds is 3. The predicted molar refractivity (Wildman–Crippen MR) is 114 cm³/mol. The quantitative estimate of drug-likeness (QED) is 0.439. The van der Waals surface area contributed by atoms with Crippen LogP contribution in [0.1, 0.15) is 6.42 Å². The highest BCUT2D eigenvalue weighted by Gasteiger charge is 2.43. The van der Waals surface area contributed by atoms with Gasteiger partial charge >= 0.3 is 6.18 Å². The fourth-order valence-corrected chi connectivity index (χ4v) is 4.14. The van der Waals surface area contributed by atoms with Crippen molar-refractivity contribution in [3.8, 4) is 22.8 Å². The van der Waals surface area contributed by atoms with Gasteiger partial charge in [-0.25, -0.2) is 4.98 Å². The number of hydrogen-bond donors (Lipinski definition) is 1. The second-order valence-corrected chi connectivity index (χ2v) is 7.91. The van der Waals surface area contributed by atoms with Crippen LogP contribution in [0.15, 0.2) is 54.9 Å². The molecule has 1 aliphatic heterocycles. The van der Waals surface area contributed by atoms with Crippen LogP contribution in [0, 0.1) is 5.92 Å². The Balaban J connectivity index is 1.46. The van der Waals surface area contributed by atoms with Crippen molar-refractivity contribution in [1.82, 2.24) is 19.9 Å². The summed E-state index contributed by atoms with van der Waals surface area (Å²) in [5.41, 5.74) is 4.13. The Morgan fingerprint density at radius 3 is 2.65 bits per heavy atom. The van der Waals surface area contributed by atoms with Crippen LogP contribution in [0.2, 0.25) is 5.02 Å². The SMILES string of the molecule is FC(F)(F)C1CCN(c2cccc3[nH]c(-c4ccc(-c5ncccc5Cl)cn4)nc23)C1. The summed E-state index contributed by atoms with van der Waals surface area (Å²) in [6.45, 7) is 0.297. The topological polar surface area (TPSA) is 57.7 Å². The van der Waals surface area contributed by atoms with Crippen molar-refractivity contribution >= 4 is 28.3 Å². The minimum absolute atomic E-state index is 0.0530. The van der Waals surface area contributed by atoms with Gasteiger partial charge in [-0.3, -0.25) is 9.97 Å². The number of imidazole rings is 1. The molecule has 9 heteroatoms. The lowest BCUT2D eigenvalue weighted by molar-refractivity contribution is -0.168. The molecular weight excluding hydrogens is 427 g/mol. The standard InChI is InChI=1S/C22H17ClF3N5/c23-15-3-2-9-27-19(15)13-6-7-17(28-11-13)21-29-16-4-1-5-18(20(16)30-21)31-10-8-14(12-31)22(24,25)26/h1-7,9,11,14H,8,10,12H2,(H,29,30). The zero-order chi connectivity index (χ0) is 21.6. The largest absolute Gasteiger partial charge is 0.393 e. The van der Waals surface area contributed by atoms with E-state index in [0.717, 1.165) is 11.1 Å². The van der Waals surface area contributed by atoms with Gasteiger partial charge in [0.2, 0.25) is 0 Å². The number of aromatic amines is 1. The van der Waals surface area contributed by atoms with E-state index in [1.54, 1.807) is 29.4 Å². The summed E-state index contributed by atoms with van der Waals surface area (Å²) in [6, 6.07) is 12.7. The maximum atomic E-state index is 13.1. The first-order valence-electron chi connectivity index (χ1n) is 9.78. The van der Waals surface area contributed by atoms with E-state index in [9.17, 15) is 13.2 Å². The molecule has 1 atom stereocenters. The van der Waals surface area contributed by atoms with E-state index < -0.39 is 12.1 Å². The minimum Gasteiger partial charge on any atom is -0.369 e. The molecule has 1 aliphatic rings. The molecule has 0 spiro atoms. The number of anilines is 1. The molecule has 0 amide bonds. The van der Waals surface area contributed by atoms with E-state index in [0.29, 0.717) is 40.0 Å². The van der Waals surface area contributed by atoms with Crippen LogP contribution >= 0.6 is 11.6 Å². The third-order valence-electron chi connectivity index (χ3n) is 5.52. The molecule has 0 bridgehead atoms. The Bertz CT molecular complexity index is 1240. The number of pyridine rings is 2. The monoisotopic (exact) mass is 443 g/mol. The predicted octanol–water partition coefficient (Wildman–Crippen LogP) is 5.73. The number of aromatic nitrogens is 4. The molecule has 0 radical (unpaired) electrons. The molecule has 1 fully saturated rings. The maximum absolute atomic E-state index is 13.1. The lowest BCUT2D eigenvalue weighted by Gasteiger charge is -2.20. The van der Waals surface area contributed by atoms with Crippen LogP contribution in [0.3, 0.4) is 0 Å². The fraction of sp³-hybridized carbons (Fsp3) is 0.227. The van der Waals surface area contributed by atoms with Crippen molar-refractivity contribution in [3.63, 3.8) is 0 Å². The average Bonchev–Trinajstić information content (AvgIpc) is 3.41. The summed E-state index contributed by atoms with van der Waals surface area (Å²) in [5, 5.41) is 0.535. The van der Waals surface area contributed by atoms with E-state index in [2.05, 4.69) is 19.9 Å². The van der Waals surface area contributed by atoms with Crippen molar-refractivity contribution in [2.75, 3.05) is 18.0 Å². The molecule has 3 aromatic heterocycles. The Morgan fingerprint density at radius 1 is 1.06 bits per heavy atom. The Labute approximate surface area is 180 Å². The van der Waals surface area contributed by atoms with Gasteiger partial charge in [-0.1, -0.05) is 17.7 Å². The first kappa shape index (κ1) is 19.8. The summed E-state index contributed by atoms with van der Waals surface area (Å²) in [7, 11) is 0. The van der Waals surface area contributed by atoms with Gasteiger partial charge in [-0.2, -0.15) is 13.2 Å². The summed E-state index contributed by atoms with van der Waals surface area (Å²) in [6.07, 6.45) is -0.749. The minimum atomic E-state index is -4.18. The van der Waals surface area contributed by atoms with E-state index in [-0.39, 0.29) is 13.0 Å². The molecule has 1 unspecified atom stereocenters. The van der Waals surface area contributed by atoms with Gasteiger partial charge in [-0.15, -0.1) is 0 Å². The first-order chi connectivity index (χ1) is 14.9. The lowest BCUT2D eigenvalue weighted by Crippen LogP contribution is -2.27. The zero-order valence-corrected chi connectivity index (χ0v) is 17.0. The van der Waals surface area contributed by atoms with Crippen molar-refractivity contribution in [1.29, 1.82) is 0 Å². The number of para-hydroxylation sites is 1. The van der Waals surface area contributed by atoms with Crippen LogP contribution in [-0.4, -0.2) is 39.2 Å². The highest BCUT2D eigenvalue weighted by atomic mass is 35.5. The number of H-pyrrole nitrogens is 1. The van der Waals surface area contributed by atoms with Gasteiger partial charge in [-0.05, 0) is 42.8 Å². The molecule has 31 heavy (non-hydrogen) atoms. The average molecular weight is 444 g/mol. The molecule has 0 saturated carbocycles. The van der Waals surface area contributed by atoms with Gasteiger partial charge in [0, 0.05) is 31.0 Å². The molecular formula is C22H17ClF3N5. The number of hydrogen-bond acceptors (Lipinski definition) is 4. The van der Waals surface area contributed by atoms with Gasteiger partial charge in [0.25, 0.3) is 0 Å². The number of alkyl halides is 3. The lowest BCUT2D eigenvalue weighted by atomic mass is 10.1. The molecule has 4 aromatic rings. The second kappa shape index (κ2) is 7.53. The first-order valence-corrected chi connectivity index (χ1v) is 10.2. The summed E-state index contributed by atoms with van der Waals surface area (Å²) in [5.74, 6) is -0.763. The van der Waals surface area contributed by atoms with Gasteiger partial charge in [0.1, 0.15) is 11.2 Å². The summed E-state index contributed by atoms with van der Waals surface area (Å²) < 4.78 is 39.3. The second-order valence-electron chi connectivity index (χ2n) is 7.50. The van der Waals surface area contributed by atoms with Crippen LogP contribution in [0.4, 0.5) is 18.9 Å². The number of nitrogens with zero attached hydrogens (tertiary/aromatic N) is 4. The Morgan fingerprint density at radius 2 is 1.94 bits per heavy atom. The number of benzene rings is 1. The van der Waals surface area contributed by atoms with E-state index in [4.69, 9.17) is 11.6 Å². The Kier molecular flexibility index (Phi) is 4.81. The fourth-order valence-electron chi connectivity index (χ4n) is 3.91.